The van der Waals surface area contributed by atoms with E-state index in [0.717, 1.165) is 29.9 Å². The number of aryl methyl sites for hydroxylation is 1. The van der Waals surface area contributed by atoms with Gasteiger partial charge < -0.3 is 10.2 Å². The van der Waals surface area contributed by atoms with E-state index in [0.29, 0.717) is 18.7 Å². The van der Waals surface area contributed by atoms with Crippen LogP contribution in [-0.4, -0.2) is 50.4 Å². The first-order valence-electron chi connectivity index (χ1n) is 10.9. The minimum Gasteiger partial charge on any atom is -0.340 e. The van der Waals surface area contributed by atoms with Crippen LogP contribution in [0.3, 0.4) is 0 Å². The summed E-state index contributed by atoms with van der Waals surface area (Å²) in [5, 5.41) is 11.6. The Labute approximate surface area is 182 Å². The first-order chi connectivity index (χ1) is 15.0. The van der Waals surface area contributed by atoms with Crippen molar-refractivity contribution in [1.82, 2.24) is 24.8 Å². The minimum atomic E-state index is -0.569. The Morgan fingerprint density at radius 1 is 1.10 bits per heavy atom. The molecule has 0 bridgehead atoms. The smallest absolute Gasteiger partial charge is 0.252 e. The van der Waals surface area contributed by atoms with Gasteiger partial charge in [-0.2, -0.15) is 0 Å². The standard InChI is InChI=1S/C24H29N5O2/c1-16(2)21(25-23(30)19-11-5-4-9-17(19)3)24(31)28-13-8-10-18(15-28)22-27-26-20-12-6-7-14-29(20)22/h4-7,9,11-12,14,16,18,21H,8,10,13,15H2,1-3H3,(H,25,30). The van der Waals surface area contributed by atoms with Gasteiger partial charge in [-0.3, -0.25) is 14.0 Å². The van der Waals surface area contributed by atoms with E-state index >= 15 is 0 Å². The van der Waals surface area contributed by atoms with E-state index < -0.39 is 6.04 Å². The third-order valence-corrected chi connectivity index (χ3v) is 6.05. The van der Waals surface area contributed by atoms with Crippen LogP contribution in [0.1, 0.15) is 54.4 Å². The first kappa shape index (κ1) is 21.0. The molecule has 7 nitrogen and oxygen atoms in total. The fourth-order valence-corrected chi connectivity index (χ4v) is 4.28. The highest BCUT2D eigenvalue weighted by Gasteiger charge is 2.33. The van der Waals surface area contributed by atoms with Crippen molar-refractivity contribution in [2.24, 2.45) is 5.92 Å². The summed E-state index contributed by atoms with van der Waals surface area (Å²) in [4.78, 5) is 28.2. The lowest BCUT2D eigenvalue weighted by atomic mass is 9.94. The number of aromatic nitrogens is 3. The number of carbonyl (C=O) groups excluding carboxylic acids is 2. The van der Waals surface area contributed by atoms with E-state index in [-0.39, 0.29) is 23.7 Å². The summed E-state index contributed by atoms with van der Waals surface area (Å²) in [7, 11) is 0. The molecular formula is C24H29N5O2. The van der Waals surface area contributed by atoms with E-state index in [1.54, 1.807) is 6.07 Å². The second-order valence-electron chi connectivity index (χ2n) is 8.62. The number of carbonyl (C=O) groups is 2. The summed E-state index contributed by atoms with van der Waals surface area (Å²) in [6, 6.07) is 12.7. The van der Waals surface area contributed by atoms with E-state index in [9.17, 15) is 9.59 Å². The average Bonchev–Trinajstić information content (AvgIpc) is 3.21. The number of likely N-dealkylation sites (tertiary alicyclic amines) is 1. The molecule has 7 heteroatoms. The molecule has 0 saturated carbocycles. The molecule has 1 saturated heterocycles. The maximum atomic E-state index is 13.4. The highest BCUT2D eigenvalue weighted by atomic mass is 16.2. The number of fused-ring (bicyclic) bond motifs is 1. The third-order valence-electron chi connectivity index (χ3n) is 6.05. The number of rotatable bonds is 5. The minimum absolute atomic E-state index is 0.0187. The molecule has 2 aromatic heterocycles. The van der Waals surface area contributed by atoms with E-state index in [1.165, 1.54) is 0 Å². The molecule has 0 radical (unpaired) electrons. The molecule has 1 aromatic carbocycles. The van der Waals surface area contributed by atoms with Crippen molar-refractivity contribution in [2.75, 3.05) is 13.1 Å². The summed E-state index contributed by atoms with van der Waals surface area (Å²) in [5.41, 5.74) is 2.31. The lowest BCUT2D eigenvalue weighted by Crippen LogP contribution is -2.53. The molecule has 1 aliphatic heterocycles. The molecule has 1 N–H and O–H groups in total. The molecule has 31 heavy (non-hydrogen) atoms. The van der Waals surface area contributed by atoms with Crippen molar-refractivity contribution >= 4 is 17.5 Å². The lowest BCUT2D eigenvalue weighted by molar-refractivity contribution is -0.135. The van der Waals surface area contributed by atoms with Crippen molar-refractivity contribution in [3.8, 4) is 0 Å². The summed E-state index contributed by atoms with van der Waals surface area (Å²) < 4.78 is 2.00. The Bertz CT molecular complexity index is 1090. The molecular weight excluding hydrogens is 390 g/mol. The fraction of sp³-hybridized carbons (Fsp3) is 0.417. The maximum Gasteiger partial charge on any atom is 0.252 e. The van der Waals surface area contributed by atoms with Crippen LogP contribution in [0, 0.1) is 12.8 Å². The van der Waals surface area contributed by atoms with Crippen LogP contribution in [0.15, 0.2) is 48.7 Å². The zero-order valence-corrected chi connectivity index (χ0v) is 18.3. The largest absolute Gasteiger partial charge is 0.340 e. The number of amides is 2. The maximum absolute atomic E-state index is 13.4. The highest BCUT2D eigenvalue weighted by Crippen LogP contribution is 2.27. The fourth-order valence-electron chi connectivity index (χ4n) is 4.28. The van der Waals surface area contributed by atoms with Gasteiger partial charge in [-0.15, -0.1) is 10.2 Å². The van der Waals surface area contributed by atoms with Crippen molar-refractivity contribution in [2.45, 2.75) is 45.6 Å². The zero-order chi connectivity index (χ0) is 22.0. The van der Waals surface area contributed by atoms with Gasteiger partial charge >= 0.3 is 0 Å². The monoisotopic (exact) mass is 419 g/mol. The SMILES string of the molecule is Cc1ccccc1C(=O)NC(C(=O)N1CCCC(c2nnc3ccccn23)C1)C(C)C. The van der Waals surface area contributed by atoms with Crippen LogP contribution in [-0.2, 0) is 4.79 Å². The van der Waals surface area contributed by atoms with Crippen LogP contribution in [0.25, 0.3) is 5.65 Å². The number of nitrogens with one attached hydrogen (secondary N) is 1. The van der Waals surface area contributed by atoms with Gasteiger partial charge in [-0.25, -0.2) is 0 Å². The van der Waals surface area contributed by atoms with Gasteiger partial charge in [0.2, 0.25) is 5.91 Å². The molecule has 2 amide bonds. The zero-order valence-electron chi connectivity index (χ0n) is 18.3. The Morgan fingerprint density at radius 2 is 1.87 bits per heavy atom. The number of nitrogens with zero attached hydrogens (tertiary/aromatic N) is 4. The van der Waals surface area contributed by atoms with Crippen molar-refractivity contribution in [3.63, 3.8) is 0 Å². The predicted octanol–water partition coefficient (Wildman–Crippen LogP) is 3.20. The van der Waals surface area contributed by atoms with Crippen molar-refractivity contribution < 1.29 is 9.59 Å². The van der Waals surface area contributed by atoms with Gasteiger partial charge in [0.05, 0.1) is 0 Å². The molecule has 3 heterocycles. The van der Waals surface area contributed by atoms with E-state index in [1.807, 2.05) is 72.7 Å². The van der Waals surface area contributed by atoms with Crippen LogP contribution in [0.2, 0.25) is 0 Å². The molecule has 4 rings (SSSR count). The number of pyridine rings is 1. The predicted molar refractivity (Wildman–Crippen MR) is 119 cm³/mol. The second kappa shape index (κ2) is 8.88. The Morgan fingerprint density at radius 3 is 2.65 bits per heavy atom. The van der Waals surface area contributed by atoms with Crippen LogP contribution < -0.4 is 5.32 Å². The van der Waals surface area contributed by atoms with Gasteiger partial charge in [0.1, 0.15) is 11.9 Å². The molecule has 3 aromatic rings. The number of piperidine rings is 1. The number of hydrogen-bond donors (Lipinski definition) is 1. The molecule has 1 fully saturated rings. The summed E-state index contributed by atoms with van der Waals surface area (Å²) in [6.07, 6.45) is 3.82. The summed E-state index contributed by atoms with van der Waals surface area (Å²) in [6.45, 7) is 7.11. The van der Waals surface area contributed by atoms with Crippen LogP contribution >= 0.6 is 0 Å². The van der Waals surface area contributed by atoms with E-state index in [2.05, 4.69) is 15.5 Å². The molecule has 2 atom stereocenters. The average molecular weight is 420 g/mol. The van der Waals surface area contributed by atoms with Gasteiger partial charge in [0.25, 0.3) is 5.91 Å². The molecule has 0 aliphatic carbocycles. The lowest BCUT2D eigenvalue weighted by Gasteiger charge is -2.35. The quantitative estimate of drug-likeness (QED) is 0.689. The first-order valence-corrected chi connectivity index (χ1v) is 10.9. The summed E-state index contributed by atoms with van der Waals surface area (Å²) in [5.74, 6) is 0.750. The van der Waals surface area contributed by atoms with Crippen LogP contribution in [0.4, 0.5) is 0 Å². The third kappa shape index (κ3) is 4.31. The van der Waals surface area contributed by atoms with E-state index in [4.69, 9.17) is 0 Å². The molecule has 0 spiro atoms. The Balaban J connectivity index is 1.51. The van der Waals surface area contributed by atoms with Crippen molar-refractivity contribution in [3.05, 3.63) is 65.6 Å². The van der Waals surface area contributed by atoms with Crippen molar-refractivity contribution in [1.29, 1.82) is 0 Å². The molecule has 2 unspecified atom stereocenters. The second-order valence-corrected chi connectivity index (χ2v) is 8.62. The number of benzene rings is 1. The van der Waals surface area contributed by atoms with Gasteiger partial charge in [0.15, 0.2) is 5.65 Å². The highest BCUT2D eigenvalue weighted by molar-refractivity contribution is 5.98. The summed E-state index contributed by atoms with van der Waals surface area (Å²) >= 11 is 0. The Kier molecular flexibility index (Phi) is 6.02. The topological polar surface area (TPSA) is 79.6 Å². The van der Waals surface area contributed by atoms with Gasteiger partial charge in [-0.1, -0.05) is 38.1 Å². The normalized spacial score (nSPS) is 17.7. The molecule has 162 valence electrons. The van der Waals surface area contributed by atoms with Gasteiger partial charge in [-0.05, 0) is 49.4 Å². The Hall–Kier alpha value is -3.22. The molecule has 1 aliphatic rings. The number of hydrogen-bond acceptors (Lipinski definition) is 4. The van der Waals surface area contributed by atoms with Gasteiger partial charge in [0, 0.05) is 30.8 Å². The van der Waals surface area contributed by atoms with Crippen LogP contribution in [0.5, 0.6) is 0 Å².